The lowest BCUT2D eigenvalue weighted by Gasteiger charge is -2.10. The van der Waals surface area contributed by atoms with Crippen LogP contribution in [0.25, 0.3) is 22.5 Å². The maximum Gasteiger partial charge on any atom is 0.201 e. The molecule has 0 radical (unpaired) electrons. The fraction of sp³-hybridized carbons (Fsp3) is 0.273. The summed E-state index contributed by atoms with van der Waals surface area (Å²) < 4.78 is 34.2. The summed E-state index contributed by atoms with van der Waals surface area (Å²) in [7, 11) is 0. The van der Waals surface area contributed by atoms with E-state index in [1.807, 2.05) is 0 Å². The van der Waals surface area contributed by atoms with E-state index in [0.717, 1.165) is 31.2 Å². The van der Waals surface area contributed by atoms with Gasteiger partial charge in [0.05, 0.1) is 12.2 Å². The van der Waals surface area contributed by atoms with Gasteiger partial charge in [-0.3, -0.25) is 0 Å². The molecule has 1 N–H and O–H groups in total. The first kappa shape index (κ1) is 19.7. The van der Waals surface area contributed by atoms with Crippen LogP contribution in [0.3, 0.4) is 0 Å². The zero-order valence-electron chi connectivity index (χ0n) is 15.7. The third-order valence-electron chi connectivity index (χ3n) is 4.40. The molecule has 3 rings (SSSR count). The minimum atomic E-state index is -1.03. The quantitative estimate of drug-likeness (QED) is 0.502. The summed E-state index contributed by atoms with van der Waals surface area (Å²) in [5.41, 5.74) is 1.49. The Bertz CT molecular complexity index is 913. The van der Waals surface area contributed by atoms with Gasteiger partial charge in [0.2, 0.25) is 5.82 Å². The number of aromatic nitrogens is 2. The van der Waals surface area contributed by atoms with Gasteiger partial charge in [0, 0.05) is 18.0 Å². The molecule has 1 aromatic heterocycles. The summed E-state index contributed by atoms with van der Waals surface area (Å²) >= 11 is 0. The molecule has 146 valence electrons. The number of benzene rings is 2. The zero-order chi connectivity index (χ0) is 19.9. The second-order valence-electron chi connectivity index (χ2n) is 6.49. The van der Waals surface area contributed by atoms with Gasteiger partial charge >= 0.3 is 0 Å². The second-order valence-corrected chi connectivity index (χ2v) is 6.49. The number of phenols is 1. The summed E-state index contributed by atoms with van der Waals surface area (Å²) in [6.45, 7) is 2.46. The summed E-state index contributed by atoms with van der Waals surface area (Å²) in [4.78, 5) is 8.31. The summed E-state index contributed by atoms with van der Waals surface area (Å²) in [6, 6.07) is 9.39. The first-order chi connectivity index (χ1) is 13.6. The van der Waals surface area contributed by atoms with E-state index < -0.39 is 11.6 Å². The summed E-state index contributed by atoms with van der Waals surface area (Å²) in [5, 5.41) is 9.35. The van der Waals surface area contributed by atoms with Gasteiger partial charge in [-0.25, -0.2) is 14.4 Å². The van der Waals surface area contributed by atoms with Crippen molar-refractivity contribution in [2.24, 2.45) is 0 Å². The number of rotatable bonds is 8. The van der Waals surface area contributed by atoms with Crippen LogP contribution in [0.4, 0.5) is 8.78 Å². The van der Waals surface area contributed by atoms with Gasteiger partial charge in [-0.15, -0.1) is 0 Å². The van der Waals surface area contributed by atoms with Crippen LogP contribution in [-0.2, 0) is 0 Å². The number of nitrogens with zero attached hydrogens (tertiary/aromatic N) is 2. The number of unbranched alkanes of at least 4 members (excludes halogenated alkanes) is 3. The standard InChI is InChI=1S/C22H22F2N2O2/c1-2-3-4-5-12-28-19-11-10-18(20(23)21(19)24)22-25-13-16(14-26-22)15-6-8-17(27)9-7-15/h6-11,13-14,27H,2-5,12H2,1H3. The Hall–Kier alpha value is -3.02. The fourth-order valence-corrected chi connectivity index (χ4v) is 2.80. The van der Waals surface area contributed by atoms with Crippen molar-refractivity contribution < 1.29 is 18.6 Å². The highest BCUT2D eigenvalue weighted by molar-refractivity contribution is 5.65. The molecular weight excluding hydrogens is 362 g/mol. The Kier molecular flexibility index (Phi) is 6.53. The summed E-state index contributed by atoms with van der Waals surface area (Å²) in [6.07, 6.45) is 7.06. The van der Waals surface area contributed by atoms with E-state index in [2.05, 4.69) is 16.9 Å². The van der Waals surface area contributed by atoms with E-state index in [4.69, 9.17) is 4.74 Å². The monoisotopic (exact) mass is 384 g/mol. The molecule has 0 atom stereocenters. The third kappa shape index (κ3) is 4.63. The Morgan fingerprint density at radius 1 is 0.857 bits per heavy atom. The summed E-state index contributed by atoms with van der Waals surface area (Å²) in [5.74, 6) is -1.90. The first-order valence-corrected chi connectivity index (χ1v) is 9.32. The fourth-order valence-electron chi connectivity index (χ4n) is 2.80. The normalized spacial score (nSPS) is 10.8. The van der Waals surface area contributed by atoms with Crippen LogP contribution in [0, 0.1) is 11.6 Å². The van der Waals surface area contributed by atoms with Gasteiger partial charge in [0.15, 0.2) is 17.4 Å². The van der Waals surface area contributed by atoms with E-state index in [1.165, 1.54) is 24.5 Å². The minimum Gasteiger partial charge on any atom is -0.508 e. The van der Waals surface area contributed by atoms with Gasteiger partial charge < -0.3 is 9.84 Å². The van der Waals surface area contributed by atoms with Crippen molar-refractivity contribution in [3.8, 4) is 34.0 Å². The SMILES string of the molecule is CCCCCCOc1ccc(-c2ncc(-c3ccc(O)cc3)cn2)c(F)c1F. The minimum absolute atomic E-state index is 0.0203. The molecule has 0 spiro atoms. The van der Waals surface area contributed by atoms with Crippen molar-refractivity contribution in [1.82, 2.24) is 9.97 Å². The number of halogens is 2. The van der Waals surface area contributed by atoms with Crippen LogP contribution < -0.4 is 4.74 Å². The van der Waals surface area contributed by atoms with E-state index in [1.54, 1.807) is 24.3 Å². The Morgan fingerprint density at radius 2 is 1.57 bits per heavy atom. The smallest absolute Gasteiger partial charge is 0.201 e. The van der Waals surface area contributed by atoms with Crippen molar-refractivity contribution in [2.45, 2.75) is 32.6 Å². The van der Waals surface area contributed by atoms with Crippen LogP contribution in [0.2, 0.25) is 0 Å². The lowest BCUT2D eigenvalue weighted by molar-refractivity contribution is 0.285. The van der Waals surface area contributed by atoms with Crippen LogP contribution in [0.1, 0.15) is 32.6 Å². The highest BCUT2D eigenvalue weighted by atomic mass is 19.2. The molecule has 0 amide bonds. The average molecular weight is 384 g/mol. The molecular formula is C22H22F2N2O2. The predicted octanol–water partition coefficient (Wildman–Crippen LogP) is 5.75. The van der Waals surface area contributed by atoms with E-state index in [9.17, 15) is 13.9 Å². The highest BCUT2D eigenvalue weighted by Crippen LogP contribution is 2.29. The van der Waals surface area contributed by atoms with Crippen LogP contribution >= 0.6 is 0 Å². The van der Waals surface area contributed by atoms with E-state index in [0.29, 0.717) is 12.2 Å². The van der Waals surface area contributed by atoms with Crippen molar-refractivity contribution >= 4 is 0 Å². The van der Waals surface area contributed by atoms with Gasteiger partial charge in [-0.05, 0) is 36.2 Å². The lowest BCUT2D eigenvalue weighted by atomic mass is 10.1. The molecule has 0 aliphatic heterocycles. The molecule has 0 saturated carbocycles. The number of ether oxygens (including phenoxy) is 1. The Labute approximate surface area is 162 Å². The van der Waals surface area contributed by atoms with Crippen molar-refractivity contribution in [1.29, 1.82) is 0 Å². The first-order valence-electron chi connectivity index (χ1n) is 9.32. The molecule has 1 heterocycles. The van der Waals surface area contributed by atoms with Crippen molar-refractivity contribution in [2.75, 3.05) is 6.61 Å². The molecule has 2 aromatic carbocycles. The van der Waals surface area contributed by atoms with Gasteiger partial charge in [-0.2, -0.15) is 4.39 Å². The maximum atomic E-state index is 14.5. The predicted molar refractivity (Wildman–Crippen MR) is 104 cm³/mol. The molecule has 0 aliphatic carbocycles. The highest BCUT2D eigenvalue weighted by Gasteiger charge is 2.17. The van der Waals surface area contributed by atoms with Crippen molar-refractivity contribution in [3.05, 3.63) is 60.4 Å². The zero-order valence-corrected chi connectivity index (χ0v) is 15.7. The van der Waals surface area contributed by atoms with Gasteiger partial charge in [0.25, 0.3) is 0 Å². The number of aromatic hydroxyl groups is 1. The molecule has 0 bridgehead atoms. The number of hydrogen-bond acceptors (Lipinski definition) is 4. The number of hydrogen-bond donors (Lipinski definition) is 1. The van der Waals surface area contributed by atoms with Crippen LogP contribution in [0.15, 0.2) is 48.8 Å². The van der Waals surface area contributed by atoms with Gasteiger partial charge in [-0.1, -0.05) is 38.3 Å². The molecule has 0 fully saturated rings. The number of phenolic OH excluding ortho intramolecular Hbond substituents is 1. The van der Waals surface area contributed by atoms with Crippen LogP contribution in [0.5, 0.6) is 11.5 Å². The lowest BCUT2D eigenvalue weighted by Crippen LogP contribution is -2.02. The Morgan fingerprint density at radius 3 is 2.25 bits per heavy atom. The van der Waals surface area contributed by atoms with Gasteiger partial charge in [0.1, 0.15) is 5.75 Å². The second kappa shape index (κ2) is 9.26. The molecule has 3 aromatic rings. The molecule has 6 heteroatoms. The average Bonchev–Trinajstić information content (AvgIpc) is 2.72. The Balaban J connectivity index is 1.74. The third-order valence-corrected chi connectivity index (χ3v) is 4.40. The molecule has 28 heavy (non-hydrogen) atoms. The van der Waals surface area contributed by atoms with E-state index >= 15 is 0 Å². The topological polar surface area (TPSA) is 55.2 Å². The largest absolute Gasteiger partial charge is 0.508 e. The molecule has 4 nitrogen and oxygen atoms in total. The molecule has 0 unspecified atom stereocenters. The van der Waals surface area contributed by atoms with Crippen LogP contribution in [-0.4, -0.2) is 21.7 Å². The van der Waals surface area contributed by atoms with Crippen molar-refractivity contribution in [3.63, 3.8) is 0 Å². The van der Waals surface area contributed by atoms with E-state index in [-0.39, 0.29) is 22.9 Å². The molecule has 0 aliphatic rings. The molecule has 0 saturated heterocycles. The maximum absolute atomic E-state index is 14.5.